The predicted molar refractivity (Wildman–Crippen MR) is 101 cm³/mol. The summed E-state index contributed by atoms with van der Waals surface area (Å²) in [6, 6.07) is 14.4. The van der Waals surface area contributed by atoms with E-state index in [9.17, 15) is 4.79 Å². The molecule has 2 N–H and O–H groups in total. The van der Waals surface area contributed by atoms with E-state index >= 15 is 0 Å². The molecule has 0 spiro atoms. The summed E-state index contributed by atoms with van der Waals surface area (Å²) in [5.41, 5.74) is 8.10. The number of hydrogen-bond donors (Lipinski definition) is 1. The first-order chi connectivity index (χ1) is 12.2. The molecule has 1 atom stereocenters. The van der Waals surface area contributed by atoms with Crippen LogP contribution >= 0.6 is 0 Å². The molecular weight excluding hydrogens is 312 g/mol. The number of pyridine rings is 1. The monoisotopic (exact) mass is 340 g/mol. The summed E-state index contributed by atoms with van der Waals surface area (Å²) in [5, 5.41) is 0. The standard InChI is InChI=1S/C21H28N2O2/c1-16-6-5-13-23(21(16)24)19(14-22)15-25-20-11-9-18(10-12-20)17-7-3-2-4-8-17/h2-8,13,18-20H,9-12,14-15,22H2,1H3/t18?,19-,20?/m1/s1. The van der Waals surface area contributed by atoms with Crippen molar-refractivity contribution in [2.75, 3.05) is 13.2 Å². The number of benzene rings is 1. The van der Waals surface area contributed by atoms with E-state index in [1.165, 1.54) is 5.56 Å². The average Bonchev–Trinajstić information content (AvgIpc) is 2.66. The van der Waals surface area contributed by atoms with Crippen molar-refractivity contribution < 1.29 is 4.74 Å². The Bertz CT molecular complexity index is 718. The van der Waals surface area contributed by atoms with Gasteiger partial charge in [0.05, 0.1) is 18.8 Å². The molecule has 3 rings (SSSR count). The number of aryl methyl sites for hydroxylation is 1. The smallest absolute Gasteiger partial charge is 0.253 e. The minimum atomic E-state index is -0.0979. The van der Waals surface area contributed by atoms with Crippen molar-refractivity contribution in [3.05, 3.63) is 70.1 Å². The van der Waals surface area contributed by atoms with Crippen LogP contribution < -0.4 is 11.3 Å². The van der Waals surface area contributed by atoms with E-state index in [1.807, 2.05) is 25.3 Å². The maximum absolute atomic E-state index is 12.3. The Kier molecular flexibility index (Phi) is 6.05. The van der Waals surface area contributed by atoms with Gasteiger partial charge in [0.25, 0.3) is 5.56 Å². The molecular formula is C21H28N2O2. The van der Waals surface area contributed by atoms with Gasteiger partial charge in [-0.15, -0.1) is 0 Å². The Labute approximate surface area is 149 Å². The third-order valence-corrected chi connectivity index (χ3v) is 5.30. The van der Waals surface area contributed by atoms with Crippen molar-refractivity contribution in [1.29, 1.82) is 0 Å². The highest BCUT2D eigenvalue weighted by molar-refractivity contribution is 5.19. The van der Waals surface area contributed by atoms with Gasteiger partial charge in [0.2, 0.25) is 0 Å². The zero-order chi connectivity index (χ0) is 17.6. The van der Waals surface area contributed by atoms with Gasteiger partial charge >= 0.3 is 0 Å². The van der Waals surface area contributed by atoms with Crippen molar-refractivity contribution in [2.24, 2.45) is 5.73 Å². The van der Waals surface area contributed by atoms with Crippen molar-refractivity contribution >= 4 is 0 Å². The van der Waals surface area contributed by atoms with Crippen LogP contribution in [-0.2, 0) is 4.74 Å². The first-order valence-corrected chi connectivity index (χ1v) is 9.23. The number of nitrogens with zero attached hydrogens (tertiary/aromatic N) is 1. The molecule has 1 fully saturated rings. The summed E-state index contributed by atoms with van der Waals surface area (Å²) in [4.78, 5) is 12.3. The molecule has 0 amide bonds. The van der Waals surface area contributed by atoms with Crippen LogP contribution in [0, 0.1) is 6.92 Å². The van der Waals surface area contributed by atoms with Gasteiger partial charge in [-0.2, -0.15) is 0 Å². The second kappa shape index (κ2) is 8.45. The van der Waals surface area contributed by atoms with E-state index in [-0.39, 0.29) is 17.7 Å². The van der Waals surface area contributed by atoms with E-state index in [1.54, 1.807) is 4.57 Å². The number of aromatic nitrogens is 1. The zero-order valence-electron chi connectivity index (χ0n) is 14.9. The van der Waals surface area contributed by atoms with Crippen LogP contribution in [0.1, 0.15) is 48.8 Å². The van der Waals surface area contributed by atoms with Crippen LogP contribution in [0.5, 0.6) is 0 Å². The lowest BCUT2D eigenvalue weighted by atomic mass is 9.83. The summed E-state index contributed by atoms with van der Waals surface area (Å²) >= 11 is 0. The molecule has 1 aliphatic rings. The molecule has 0 aliphatic heterocycles. The van der Waals surface area contributed by atoms with Gasteiger partial charge in [-0.05, 0) is 50.2 Å². The highest BCUT2D eigenvalue weighted by Gasteiger charge is 2.23. The first-order valence-electron chi connectivity index (χ1n) is 9.23. The fourth-order valence-corrected chi connectivity index (χ4v) is 3.71. The van der Waals surface area contributed by atoms with Gasteiger partial charge in [-0.1, -0.05) is 36.4 Å². The average molecular weight is 340 g/mol. The highest BCUT2D eigenvalue weighted by atomic mass is 16.5. The lowest BCUT2D eigenvalue weighted by Crippen LogP contribution is -2.34. The molecule has 25 heavy (non-hydrogen) atoms. The Hall–Kier alpha value is -1.91. The molecule has 1 saturated carbocycles. The summed E-state index contributed by atoms with van der Waals surface area (Å²) in [5.74, 6) is 0.644. The quantitative estimate of drug-likeness (QED) is 0.877. The molecule has 0 bridgehead atoms. The van der Waals surface area contributed by atoms with Crippen LogP contribution in [0.3, 0.4) is 0 Å². The SMILES string of the molecule is Cc1cccn([C@H](CN)COC2CCC(c3ccccc3)CC2)c1=O. The lowest BCUT2D eigenvalue weighted by Gasteiger charge is -2.30. The van der Waals surface area contributed by atoms with E-state index in [0.717, 1.165) is 31.2 Å². The summed E-state index contributed by atoms with van der Waals surface area (Å²) in [6.07, 6.45) is 6.54. The third-order valence-electron chi connectivity index (χ3n) is 5.30. The maximum atomic E-state index is 12.3. The summed E-state index contributed by atoms with van der Waals surface area (Å²) in [7, 11) is 0. The topological polar surface area (TPSA) is 57.2 Å². The first kappa shape index (κ1) is 17.9. The second-order valence-corrected chi connectivity index (χ2v) is 7.01. The predicted octanol–water partition coefficient (Wildman–Crippen LogP) is 3.40. The Morgan fingerprint density at radius 3 is 2.52 bits per heavy atom. The van der Waals surface area contributed by atoms with Gasteiger partial charge in [0.1, 0.15) is 0 Å². The minimum Gasteiger partial charge on any atom is -0.376 e. The zero-order valence-corrected chi connectivity index (χ0v) is 14.9. The van der Waals surface area contributed by atoms with Crippen molar-refractivity contribution in [3.8, 4) is 0 Å². The normalized spacial score (nSPS) is 21.8. The van der Waals surface area contributed by atoms with Crippen LogP contribution in [0.2, 0.25) is 0 Å². The molecule has 0 saturated heterocycles. The second-order valence-electron chi connectivity index (χ2n) is 7.01. The molecule has 134 valence electrons. The maximum Gasteiger partial charge on any atom is 0.253 e. The van der Waals surface area contributed by atoms with Crippen LogP contribution in [0.25, 0.3) is 0 Å². The summed E-state index contributed by atoms with van der Waals surface area (Å²) < 4.78 is 7.84. The summed E-state index contributed by atoms with van der Waals surface area (Å²) in [6.45, 7) is 2.74. The fraction of sp³-hybridized carbons (Fsp3) is 0.476. The Morgan fingerprint density at radius 2 is 1.84 bits per heavy atom. The number of nitrogens with two attached hydrogens (primary N) is 1. The van der Waals surface area contributed by atoms with Gasteiger partial charge in [0.15, 0.2) is 0 Å². The molecule has 4 heteroatoms. The highest BCUT2D eigenvalue weighted by Crippen LogP contribution is 2.34. The van der Waals surface area contributed by atoms with Crippen LogP contribution in [-0.4, -0.2) is 23.8 Å². The molecule has 2 aromatic rings. The van der Waals surface area contributed by atoms with Crippen LogP contribution in [0.15, 0.2) is 53.5 Å². The molecule has 1 aliphatic carbocycles. The van der Waals surface area contributed by atoms with E-state index in [4.69, 9.17) is 10.5 Å². The van der Waals surface area contributed by atoms with E-state index < -0.39 is 0 Å². The van der Waals surface area contributed by atoms with Gasteiger partial charge in [-0.3, -0.25) is 4.79 Å². The van der Waals surface area contributed by atoms with Gasteiger partial charge in [0, 0.05) is 18.3 Å². The molecule has 4 nitrogen and oxygen atoms in total. The lowest BCUT2D eigenvalue weighted by molar-refractivity contribution is 0.00784. The number of rotatable bonds is 6. The molecule has 0 unspecified atom stereocenters. The molecule has 1 heterocycles. The molecule has 1 aromatic heterocycles. The van der Waals surface area contributed by atoms with Crippen molar-refractivity contribution in [3.63, 3.8) is 0 Å². The molecule has 0 radical (unpaired) electrons. The van der Waals surface area contributed by atoms with Crippen molar-refractivity contribution in [2.45, 2.75) is 50.7 Å². The van der Waals surface area contributed by atoms with Gasteiger partial charge < -0.3 is 15.0 Å². The molecule has 1 aromatic carbocycles. The minimum absolute atomic E-state index is 0.0225. The van der Waals surface area contributed by atoms with Crippen LogP contribution in [0.4, 0.5) is 0 Å². The number of ether oxygens (including phenoxy) is 1. The largest absolute Gasteiger partial charge is 0.376 e. The Morgan fingerprint density at radius 1 is 1.12 bits per heavy atom. The van der Waals surface area contributed by atoms with E-state index in [2.05, 4.69) is 30.3 Å². The third kappa shape index (κ3) is 4.39. The Balaban J connectivity index is 1.53. The van der Waals surface area contributed by atoms with Crippen molar-refractivity contribution in [1.82, 2.24) is 4.57 Å². The fourth-order valence-electron chi connectivity index (χ4n) is 3.71. The van der Waals surface area contributed by atoms with E-state index in [0.29, 0.717) is 19.1 Å². The number of hydrogen-bond acceptors (Lipinski definition) is 3. The van der Waals surface area contributed by atoms with Gasteiger partial charge in [-0.25, -0.2) is 0 Å².